The third-order valence-electron chi connectivity index (χ3n) is 3.84. The van der Waals surface area contributed by atoms with Gasteiger partial charge in [-0.25, -0.2) is 4.98 Å². The van der Waals surface area contributed by atoms with Gasteiger partial charge in [0.05, 0.1) is 12.2 Å². The average Bonchev–Trinajstić information content (AvgIpc) is 3.14. The normalized spacial score (nSPS) is 27.0. The van der Waals surface area contributed by atoms with E-state index in [1.54, 1.807) is 0 Å². The van der Waals surface area contributed by atoms with E-state index in [1.807, 2.05) is 18.0 Å². The van der Waals surface area contributed by atoms with Crippen molar-refractivity contribution in [1.29, 1.82) is 0 Å². The summed E-state index contributed by atoms with van der Waals surface area (Å²) in [6, 6.07) is 2.83. The summed E-state index contributed by atoms with van der Waals surface area (Å²) in [5.41, 5.74) is 2.28. The summed E-state index contributed by atoms with van der Waals surface area (Å²) in [6.45, 7) is 3.80. The number of aryl methyl sites for hydroxylation is 1. The summed E-state index contributed by atoms with van der Waals surface area (Å²) in [4.78, 5) is 6.44. The highest BCUT2D eigenvalue weighted by Crippen LogP contribution is 2.24. The minimum atomic E-state index is -0.669. The molecule has 3 rings (SSSR count). The Morgan fingerprint density at radius 2 is 2.00 bits per heavy atom. The zero-order valence-corrected chi connectivity index (χ0v) is 11.2. The molecule has 0 bridgehead atoms. The Morgan fingerprint density at radius 3 is 2.58 bits per heavy atom. The summed E-state index contributed by atoms with van der Waals surface area (Å²) in [7, 11) is 0. The molecule has 2 atom stereocenters. The van der Waals surface area contributed by atoms with Crippen LogP contribution in [0.3, 0.4) is 0 Å². The van der Waals surface area contributed by atoms with Crippen molar-refractivity contribution < 1.29 is 10.2 Å². The number of hydrogen-bond acceptors (Lipinski definition) is 5. The van der Waals surface area contributed by atoms with Crippen LogP contribution in [0.4, 0.5) is 5.82 Å². The molecule has 19 heavy (non-hydrogen) atoms. The van der Waals surface area contributed by atoms with Gasteiger partial charge in [-0.1, -0.05) is 0 Å². The number of aliphatic hydroxyl groups excluding tert-OH is 2. The third kappa shape index (κ3) is 2.88. The smallest absolute Gasteiger partial charge is 0.131 e. The highest BCUT2D eigenvalue weighted by Gasteiger charge is 2.31. The molecule has 1 aliphatic heterocycles. The van der Waals surface area contributed by atoms with Crippen LogP contribution in [-0.2, 0) is 6.54 Å². The van der Waals surface area contributed by atoms with Crippen molar-refractivity contribution in [2.75, 3.05) is 18.0 Å². The molecule has 0 spiro atoms. The molecule has 1 saturated carbocycles. The SMILES string of the molecule is Cc1cc(CNC2CC2)cnc1N1CC(O)C(O)C1. The van der Waals surface area contributed by atoms with E-state index >= 15 is 0 Å². The maximum atomic E-state index is 9.60. The Hall–Kier alpha value is -1.17. The van der Waals surface area contributed by atoms with Crippen molar-refractivity contribution in [3.63, 3.8) is 0 Å². The first kappa shape index (κ1) is 12.8. The maximum absolute atomic E-state index is 9.60. The molecule has 0 aromatic carbocycles. The minimum Gasteiger partial charge on any atom is -0.389 e. The van der Waals surface area contributed by atoms with Crippen LogP contribution in [-0.4, -0.2) is 46.5 Å². The molecule has 1 aromatic heterocycles. The van der Waals surface area contributed by atoms with Gasteiger partial charge in [0.2, 0.25) is 0 Å². The molecule has 0 radical (unpaired) electrons. The second-order valence-electron chi connectivity index (χ2n) is 5.68. The number of nitrogens with zero attached hydrogens (tertiary/aromatic N) is 2. The summed E-state index contributed by atoms with van der Waals surface area (Å²) >= 11 is 0. The fourth-order valence-electron chi connectivity index (χ4n) is 2.55. The zero-order valence-electron chi connectivity index (χ0n) is 11.2. The fraction of sp³-hybridized carbons (Fsp3) is 0.643. The molecule has 5 heteroatoms. The Bertz CT molecular complexity index is 452. The minimum absolute atomic E-state index is 0.453. The lowest BCUT2D eigenvalue weighted by atomic mass is 10.2. The van der Waals surface area contributed by atoms with Crippen LogP contribution in [0.15, 0.2) is 12.3 Å². The monoisotopic (exact) mass is 263 g/mol. The number of β-amino-alcohol motifs (C(OH)–C–C–N with tert-alkyl or cyclic N) is 2. The van der Waals surface area contributed by atoms with Gasteiger partial charge in [0.1, 0.15) is 5.82 Å². The topological polar surface area (TPSA) is 68.6 Å². The summed E-state index contributed by atoms with van der Waals surface area (Å²) in [5, 5.41) is 22.7. The summed E-state index contributed by atoms with van der Waals surface area (Å²) in [6.07, 6.45) is 3.12. The second kappa shape index (κ2) is 5.07. The van der Waals surface area contributed by atoms with Crippen molar-refractivity contribution in [3.05, 3.63) is 23.4 Å². The Labute approximate surface area is 113 Å². The van der Waals surface area contributed by atoms with E-state index in [9.17, 15) is 10.2 Å². The van der Waals surface area contributed by atoms with Gasteiger partial charge in [0, 0.05) is 31.9 Å². The fourth-order valence-corrected chi connectivity index (χ4v) is 2.55. The predicted octanol–water partition coefficient (Wildman–Crippen LogP) is 0.184. The standard InChI is InChI=1S/C14H21N3O2/c1-9-4-10(5-15-11-2-3-11)6-16-14(9)17-7-12(18)13(19)8-17/h4,6,11-13,15,18-19H,2-3,5,7-8H2,1H3. The molecule has 3 N–H and O–H groups in total. The van der Waals surface area contributed by atoms with Crippen LogP contribution in [0, 0.1) is 6.92 Å². The van der Waals surface area contributed by atoms with Crippen molar-refractivity contribution in [2.45, 2.75) is 44.6 Å². The lowest BCUT2D eigenvalue weighted by Gasteiger charge is -2.19. The number of aromatic nitrogens is 1. The Morgan fingerprint density at radius 1 is 1.32 bits per heavy atom. The first-order chi connectivity index (χ1) is 9.13. The van der Waals surface area contributed by atoms with Crippen molar-refractivity contribution in [3.8, 4) is 0 Å². The van der Waals surface area contributed by atoms with Gasteiger partial charge < -0.3 is 20.4 Å². The van der Waals surface area contributed by atoms with Gasteiger partial charge in [0.25, 0.3) is 0 Å². The van der Waals surface area contributed by atoms with Gasteiger partial charge in [-0.05, 0) is 37.0 Å². The number of aliphatic hydroxyl groups is 2. The van der Waals surface area contributed by atoms with Crippen molar-refractivity contribution >= 4 is 5.82 Å². The predicted molar refractivity (Wildman–Crippen MR) is 73.1 cm³/mol. The van der Waals surface area contributed by atoms with E-state index < -0.39 is 12.2 Å². The van der Waals surface area contributed by atoms with E-state index in [0.717, 1.165) is 17.9 Å². The van der Waals surface area contributed by atoms with Gasteiger partial charge >= 0.3 is 0 Å². The molecule has 2 fully saturated rings. The number of hydrogen-bond donors (Lipinski definition) is 3. The number of rotatable bonds is 4. The third-order valence-corrected chi connectivity index (χ3v) is 3.84. The van der Waals surface area contributed by atoms with Crippen LogP contribution < -0.4 is 10.2 Å². The molecular weight excluding hydrogens is 242 g/mol. The molecule has 104 valence electrons. The van der Waals surface area contributed by atoms with Crippen LogP contribution in [0.1, 0.15) is 24.0 Å². The number of pyridine rings is 1. The van der Waals surface area contributed by atoms with E-state index in [4.69, 9.17) is 0 Å². The van der Waals surface area contributed by atoms with E-state index in [2.05, 4.69) is 16.4 Å². The first-order valence-corrected chi connectivity index (χ1v) is 6.93. The van der Waals surface area contributed by atoms with Crippen molar-refractivity contribution in [1.82, 2.24) is 10.3 Å². The zero-order chi connectivity index (χ0) is 13.4. The number of anilines is 1. The van der Waals surface area contributed by atoms with Crippen LogP contribution in [0.2, 0.25) is 0 Å². The molecule has 5 nitrogen and oxygen atoms in total. The van der Waals surface area contributed by atoms with Crippen LogP contribution >= 0.6 is 0 Å². The maximum Gasteiger partial charge on any atom is 0.131 e. The molecule has 2 aliphatic rings. The van der Waals surface area contributed by atoms with Gasteiger partial charge in [-0.2, -0.15) is 0 Å². The Balaban J connectivity index is 1.68. The van der Waals surface area contributed by atoms with Crippen LogP contribution in [0.5, 0.6) is 0 Å². The number of nitrogens with one attached hydrogen (secondary N) is 1. The van der Waals surface area contributed by atoms with Gasteiger partial charge in [0.15, 0.2) is 0 Å². The van der Waals surface area contributed by atoms with Gasteiger partial charge in [-0.15, -0.1) is 0 Å². The highest BCUT2D eigenvalue weighted by molar-refractivity contribution is 5.48. The molecular formula is C14H21N3O2. The second-order valence-corrected chi connectivity index (χ2v) is 5.68. The molecule has 1 saturated heterocycles. The van der Waals surface area contributed by atoms with E-state index in [0.29, 0.717) is 19.1 Å². The first-order valence-electron chi connectivity index (χ1n) is 6.93. The summed E-state index contributed by atoms with van der Waals surface area (Å²) < 4.78 is 0. The molecule has 0 amide bonds. The van der Waals surface area contributed by atoms with Crippen molar-refractivity contribution in [2.24, 2.45) is 0 Å². The highest BCUT2D eigenvalue weighted by atomic mass is 16.3. The molecule has 2 unspecified atom stereocenters. The van der Waals surface area contributed by atoms with Crippen LogP contribution in [0.25, 0.3) is 0 Å². The summed E-state index contributed by atoms with van der Waals surface area (Å²) in [5.74, 6) is 0.866. The quantitative estimate of drug-likeness (QED) is 0.723. The van der Waals surface area contributed by atoms with E-state index in [1.165, 1.54) is 18.4 Å². The van der Waals surface area contributed by atoms with Gasteiger partial charge in [-0.3, -0.25) is 0 Å². The molecule has 1 aromatic rings. The lowest BCUT2D eigenvalue weighted by Crippen LogP contribution is -2.23. The van der Waals surface area contributed by atoms with E-state index in [-0.39, 0.29) is 0 Å². The Kier molecular flexibility index (Phi) is 3.43. The average molecular weight is 263 g/mol. The largest absolute Gasteiger partial charge is 0.389 e. The molecule has 1 aliphatic carbocycles. The lowest BCUT2D eigenvalue weighted by molar-refractivity contribution is 0.0572. The molecule has 2 heterocycles.